The Kier molecular flexibility index (Phi) is 2.99. The van der Waals surface area contributed by atoms with E-state index >= 15 is 0 Å². The molecule has 0 unspecified atom stereocenters. The summed E-state index contributed by atoms with van der Waals surface area (Å²) in [6, 6.07) is 0. The summed E-state index contributed by atoms with van der Waals surface area (Å²) in [7, 11) is 0. The highest BCUT2D eigenvalue weighted by Crippen LogP contribution is 2.59. The van der Waals surface area contributed by atoms with Crippen molar-refractivity contribution in [3.05, 3.63) is 11.6 Å². The van der Waals surface area contributed by atoms with E-state index in [1.165, 1.54) is 43.8 Å². The third-order valence-corrected chi connectivity index (χ3v) is 5.57. The molecule has 1 N–H and O–H groups in total. The normalized spacial score (nSPS) is 42.6. The average Bonchev–Trinajstić information content (AvgIpc) is 2.25. The van der Waals surface area contributed by atoms with Crippen LogP contribution in [0.15, 0.2) is 11.6 Å². The van der Waals surface area contributed by atoms with E-state index in [-0.39, 0.29) is 0 Å². The molecular weight excluding hydrogens is 224 g/mol. The number of allylic oxidation sites excluding steroid dienone is 1. The van der Waals surface area contributed by atoms with Crippen molar-refractivity contribution >= 4 is 5.97 Å². The van der Waals surface area contributed by atoms with E-state index in [0.717, 1.165) is 23.7 Å². The van der Waals surface area contributed by atoms with Crippen LogP contribution in [0.3, 0.4) is 0 Å². The van der Waals surface area contributed by atoms with E-state index in [2.05, 4.69) is 13.8 Å². The van der Waals surface area contributed by atoms with Gasteiger partial charge in [0.05, 0.1) is 0 Å². The fourth-order valence-corrected chi connectivity index (χ4v) is 5.26. The maximum atomic E-state index is 11.1. The number of carbonyl (C=O) groups is 1. The minimum Gasteiger partial charge on any atom is -0.478 e. The third kappa shape index (κ3) is 2.00. The van der Waals surface area contributed by atoms with Crippen molar-refractivity contribution < 1.29 is 9.90 Å². The lowest BCUT2D eigenvalue weighted by molar-refractivity contribution is -0.131. The van der Waals surface area contributed by atoms with Gasteiger partial charge in [0, 0.05) is 6.08 Å². The summed E-state index contributed by atoms with van der Waals surface area (Å²) in [5.74, 6) is 3.69. The van der Waals surface area contributed by atoms with Gasteiger partial charge in [-0.05, 0) is 67.6 Å². The standard InChI is InChI=1S/C16H24O2/c1-9(2)14(8-15(17)18)16-12-4-10-3-11(6-12)7-13(16)5-10/h8-13,16H,3-7H2,1-2H3,(H,17,18)/b14-8+. The second kappa shape index (κ2) is 4.40. The van der Waals surface area contributed by atoms with Crippen LogP contribution in [0, 0.1) is 35.5 Å². The molecule has 2 nitrogen and oxygen atoms in total. The molecular formula is C16H24O2. The Hall–Kier alpha value is -0.790. The van der Waals surface area contributed by atoms with E-state index in [9.17, 15) is 4.79 Å². The van der Waals surface area contributed by atoms with Gasteiger partial charge in [-0.15, -0.1) is 0 Å². The quantitative estimate of drug-likeness (QED) is 0.773. The van der Waals surface area contributed by atoms with Crippen molar-refractivity contribution in [1.82, 2.24) is 0 Å². The zero-order valence-corrected chi connectivity index (χ0v) is 11.4. The summed E-state index contributed by atoms with van der Waals surface area (Å²) in [6.45, 7) is 4.31. The van der Waals surface area contributed by atoms with Gasteiger partial charge in [-0.2, -0.15) is 0 Å². The maximum Gasteiger partial charge on any atom is 0.328 e. The molecule has 0 amide bonds. The molecule has 18 heavy (non-hydrogen) atoms. The molecule has 0 aromatic heterocycles. The fourth-order valence-electron chi connectivity index (χ4n) is 5.26. The van der Waals surface area contributed by atoms with Crippen molar-refractivity contribution in [2.75, 3.05) is 0 Å². The second-order valence-corrected chi connectivity index (χ2v) is 7.09. The SMILES string of the molecule is CC(C)/C(=C\C(=O)O)C1C2CC3CC(C2)CC1C3. The Morgan fingerprint density at radius 2 is 1.56 bits per heavy atom. The molecule has 4 bridgehead atoms. The Bertz CT molecular complexity index is 353. The molecule has 4 aliphatic rings. The lowest BCUT2D eigenvalue weighted by Crippen LogP contribution is -2.46. The van der Waals surface area contributed by atoms with E-state index in [1.54, 1.807) is 0 Å². The molecule has 0 atom stereocenters. The van der Waals surface area contributed by atoms with Crippen LogP contribution in [-0.2, 0) is 4.79 Å². The Balaban J connectivity index is 1.89. The van der Waals surface area contributed by atoms with Crippen LogP contribution in [-0.4, -0.2) is 11.1 Å². The lowest BCUT2D eigenvalue weighted by Gasteiger charge is -2.55. The summed E-state index contributed by atoms with van der Waals surface area (Å²) in [4.78, 5) is 11.1. The van der Waals surface area contributed by atoms with Gasteiger partial charge in [0.15, 0.2) is 0 Å². The molecule has 0 heterocycles. The van der Waals surface area contributed by atoms with Crippen LogP contribution in [0.25, 0.3) is 0 Å². The van der Waals surface area contributed by atoms with Crippen LogP contribution in [0.5, 0.6) is 0 Å². The highest BCUT2D eigenvalue weighted by molar-refractivity contribution is 5.80. The zero-order valence-electron chi connectivity index (χ0n) is 11.4. The molecule has 0 aromatic carbocycles. The minimum atomic E-state index is -0.757. The molecule has 0 saturated heterocycles. The summed E-state index contributed by atoms with van der Waals surface area (Å²) >= 11 is 0. The maximum absolute atomic E-state index is 11.1. The minimum absolute atomic E-state index is 0.378. The van der Waals surface area contributed by atoms with E-state index in [0.29, 0.717) is 11.8 Å². The molecule has 0 aliphatic heterocycles. The zero-order chi connectivity index (χ0) is 12.9. The average molecular weight is 248 g/mol. The smallest absolute Gasteiger partial charge is 0.328 e. The predicted octanol–water partition coefficient (Wildman–Crippen LogP) is 3.73. The number of carboxylic acids is 1. The lowest BCUT2D eigenvalue weighted by atomic mass is 9.50. The molecule has 4 saturated carbocycles. The number of carboxylic acid groups (broad SMARTS) is 1. The Morgan fingerprint density at radius 1 is 1.06 bits per heavy atom. The monoisotopic (exact) mass is 248 g/mol. The number of hydrogen-bond acceptors (Lipinski definition) is 1. The van der Waals surface area contributed by atoms with Crippen LogP contribution < -0.4 is 0 Å². The first-order valence-corrected chi connectivity index (χ1v) is 7.49. The highest BCUT2D eigenvalue weighted by atomic mass is 16.4. The largest absolute Gasteiger partial charge is 0.478 e. The number of hydrogen-bond donors (Lipinski definition) is 1. The summed E-state index contributed by atoms with van der Waals surface area (Å²) in [5, 5.41) is 9.11. The number of aliphatic carboxylic acids is 1. The van der Waals surface area contributed by atoms with Gasteiger partial charge < -0.3 is 5.11 Å². The first-order valence-electron chi connectivity index (χ1n) is 7.49. The Labute approximate surface area is 109 Å². The van der Waals surface area contributed by atoms with Gasteiger partial charge >= 0.3 is 5.97 Å². The molecule has 0 spiro atoms. The molecule has 0 radical (unpaired) electrons. The van der Waals surface area contributed by atoms with Crippen LogP contribution in [0.2, 0.25) is 0 Å². The van der Waals surface area contributed by atoms with E-state index in [4.69, 9.17) is 5.11 Å². The van der Waals surface area contributed by atoms with Crippen molar-refractivity contribution in [3.8, 4) is 0 Å². The van der Waals surface area contributed by atoms with Crippen LogP contribution in [0.4, 0.5) is 0 Å². The van der Waals surface area contributed by atoms with Gasteiger partial charge in [0.1, 0.15) is 0 Å². The first kappa shape index (κ1) is 12.3. The van der Waals surface area contributed by atoms with Gasteiger partial charge in [-0.25, -0.2) is 4.79 Å². The first-order chi connectivity index (χ1) is 8.54. The van der Waals surface area contributed by atoms with Crippen LogP contribution >= 0.6 is 0 Å². The fraction of sp³-hybridized carbons (Fsp3) is 0.812. The number of rotatable bonds is 3. The molecule has 4 aliphatic carbocycles. The Morgan fingerprint density at radius 3 is 1.94 bits per heavy atom. The third-order valence-electron chi connectivity index (χ3n) is 5.57. The molecule has 2 heteroatoms. The van der Waals surface area contributed by atoms with Crippen molar-refractivity contribution in [3.63, 3.8) is 0 Å². The predicted molar refractivity (Wildman–Crippen MR) is 71.1 cm³/mol. The van der Waals surface area contributed by atoms with E-state index in [1.807, 2.05) is 0 Å². The van der Waals surface area contributed by atoms with Crippen molar-refractivity contribution in [2.24, 2.45) is 35.5 Å². The summed E-state index contributed by atoms with van der Waals surface area (Å²) < 4.78 is 0. The highest BCUT2D eigenvalue weighted by Gasteiger charge is 2.49. The van der Waals surface area contributed by atoms with Gasteiger partial charge in [0.2, 0.25) is 0 Å². The molecule has 4 fully saturated rings. The summed E-state index contributed by atoms with van der Waals surface area (Å²) in [6.07, 6.45) is 8.43. The van der Waals surface area contributed by atoms with Crippen molar-refractivity contribution in [1.29, 1.82) is 0 Å². The molecule has 0 aromatic rings. The summed E-state index contributed by atoms with van der Waals surface area (Å²) in [5.41, 5.74) is 1.22. The molecule has 100 valence electrons. The van der Waals surface area contributed by atoms with Crippen molar-refractivity contribution in [2.45, 2.75) is 46.0 Å². The topological polar surface area (TPSA) is 37.3 Å². The van der Waals surface area contributed by atoms with Gasteiger partial charge in [0.25, 0.3) is 0 Å². The molecule has 4 rings (SSSR count). The van der Waals surface area contributed by atoms with E-state index < -0.39 is 5.97 Å². The second-order valence-electron chi connectivity index (χ2n) is 7.09. The van der Waals surface area contributed by atoms with Gasteiger partial charge in [-0.1, -0.05) is 19.4 Å². The van der Waals surface area contributed by atoms with Crippen LogP contribution in [0.1, 0.15) is 46.0 Å². The van der Waals surface area contributed by atoms with Gasteiger partial charge in [-0.3, -0.25) is 0 Å².